The Hall–Kier alpha value is -1.81. The summed E-state index contributed by atoms with van der Waals surface area (Å²) in [6, 6.07) is 8.68. The van der Waals surface area contributed by atoms with Crippen LogP contribution in [0.2, 0.25) is 0 Å². The van der Waals surface area contributed by atoms with Crippen LogP contribution in [0.5, 0.6) is 0 Å². The Labute approximate surface area is 113 Å². The SMILES string of the molecule is Cc1cc(CNCc2ccc3c(c2)CCN3C)on1. The summed E-state index contributed by atoms with van der Waals surface area (Å²) < 4.78 is 5.17. The summed E-state index contributed by atoms with van der Waals surface area (Å²) in [7, 11) is 2.15. The third-order valence-corrected chi connectivity index (χ3v) is 3.58. The smallest absolute Gasteiger partial charge is 0.150 e. The average molecular weight is 257 g/mol. The molecule has 3 rings (SSSR count). The molecule has 2 aromatic rings. The Morgan fingerprint density at radius 2 is 2.21 bits per heavy atom. The molecule has 100 valence electrons. The second kappa shape index (κ2) is 5.05. The lowest BCUT2D eigenvalue weighted by Crippen LogP contribution is -2.13. The highest BCUT2D eigenvalue weighted by atomic mass is 16.5. The molecule has 4 nitrogen and oxygen atoms in total. The molecule has 0 amide bonds. The van der Waals surface area contributed by atoms with E-state index in [1.54, 1.807) is 0 Å². The zero-order valence-corrected chi connectivity index (χ0v) is 11.4. The minimum Gasteiger partial charge on any atom is -0.374 e. The molecule has 1 aliphatic heterocycles. The van der Waals surface area contributed by atoms with Gasteiger partial charge < -0.3 is 14.7 Å². The Bertz CT molecular complexity index is 577. The van der Waals surface area contributed by atoms with E-state index in [-0.39, 0.29) is 0 Å². The molecule has 0 aliphatic carbocycles. The maximum atomic E-state index is 5.17. The van der Waals surface area contributed by atoms with Gasteiger partial charge in [0.25, 0.3) is 0 Å². The van der Waals surface area contributed by atoms with E-state index in [0.717, 1.165) is 37.5 Å². The number of likely N-dealkylation sites (N-methyl/N-ethyl adjacent to an activating group) is 1. The first-order valence-electron chi connectivity index (χ1n) is 6.68. The number of benzene rings is 1. The number of nitrogens with zero attached hydrogens (tertiary/aromatic N) is 2. The molecule has 1 aromatic carbocycles. The molecule has 1 aromatic heterocycles. The molecule has 0 saturated heterocycles. The number of anilines is 1. The Balaban J connectivity index is 1.59. The van der Waals surface area contributed by atoms with E-state index >= 15 is 0 Å². The molecule has 0 fully saturated rings. The molecule has 1 N–H and O–H groups in total. The molecular weight excluding hydrogens is 238 g/mol. The van der Waals surface area contributed by atoms with Crippen LogP contribution >= 0.6 is 0 Å². The van der Waals surface area contributed by atoms with Crippen molar-refractivity contribution in [3.63, 3.8) is 0 Å². The highest BCUT2D eigenvalue weighted by Gasteiger charge is 2.15. The summed E-state index contributed by atoms with van der Waals surface area (Å²) in [4.78, 5) is 2.31. The van der Waals surface area contributed by atoms with Crippen molar-refractivity contribution in [2.24, 2.45) is 0 Å². The predicted octanol–water partition coefficient (Wildman–Crippen LogP) is 2.27. The van der Waals surface area contributed by atoms with Crippen LogP contribution in [0.1, 0.15) is 22.6 Å². The number of aryl methyl sites for hydroxylation is 1. The topological polar surface area (TPSA) is 41.3 Å². The van der Waals surface area contributed by atoms with Gasteiger partial charge in [-0.05, 0) is 30.5 Å². The maximum Gasteiger partial charge on any atom is 0.150 e. The first kappa shape index (κ1) is 12.2. The molecule has 2 heterocycles. The van der Waals surface area contributed by atoms with Gasteiger partial charge in [-0.15, -0.1) is 0 Å². The van der Waals surface area contributed by atoms with Crippen molar-refractivity contribution in [1.29, 1.82) is 0 Å². The molecule has 0 bridgehead atoms. The molecule has 0 unspecified atom stereocenters. The molecule has 4 heteroatoms. The van der Waals surface area contributed by atoms with Crippen molar-refractivity contribution < 1.29 is 4.52 Å². The standard InChI is InChI=1S/C15H19N3O/c1-11-7-14(19-17-11)10-16-9-12-3-4-15-13(8-12)5-6-18(15)2/h3-4,7-8,16H,5-6,9-10H2,1-2H3. The monoisotopic (exact) mass is 257 g/mol. The summed E-state index contributed by atoms with van der Waals surface area (Å²) in [5.41, 5.74) is 5.08. The van der Waals surface area contributed by atoms with Crippen LogP contribution < -0.4 is 10.2 Å². The fourth-order valence-electron chi connectivity index (χ4n) is 2.56. The molecule has 1 aliphatic rings. The Morgan fingerprint density at radius 1 is 1.32 bits per heavy atom. The highest BCUT2D eigenvalue weighted by Crippen LogP contribution is 2.27. The minimum absolute atomic E-state index is 0.720. The maximum absolute atomic E-state index is 5.17. The van der Waals surface area contributed by atoms with Gasteiger partial charge in [0, 0.05) is 31.9 Å². The van der Waals surface area contributed by atoms with Crippen LogP contribution in [0, 0.1) is 6.92 Å². The van der Waals surface area contributed by atoms with Crippen LogP contribution in [-0.4, -0.2) is 18.7 Å². The number of fused-ring (bicyclic) bond motifs is 1. The molecule has 0 saturated carbocycles. The lowest BCUT2D eigenvalue weighted by atomic mass is 10.1. The fourth-order valence-corrected chi connectivity index (χ4v) is 2.56. The number of aromatic nitrogens is 1. The fraction of sp³-hybridized carbons (Fsp3) is 0.400. The van der Waals surface area contributed by atoms with Crippen molar-refractivity contribution in [3.05, 3.63) is 46.8 Å². The molecule has 0 atom stereocenters. The third-order valence-electron chi connectivity index (χ3n) is 3.58. The van der Waals surface area contributed by atoms with Crippen molar-refractivity contribution in [2.45, 2.75) is 26.4 Å². The van der Waals surface area contributed by atoms with Crippen LogP contribution in [-0.2, 0) is 19.5 Å². The Kier molecular flexibility index (Phi) is 3.25. The zero-order chi connectivity index (χ0) is 13.2. The van der Waals surface area contributed by atoms with Gasteiger partial charge in [-0.25, -0.2) is 0 Å². The van der Waals surface area contributed by atoms with E-state index in [9.17, 15) is 0 Å². The first-order valence-corrected chi connectivity index (χ1v) is 6.68. The van der Waals surface area contributed by atoms with Gasteiger partial charge in [0.15, 0.2) is 5.76 Å². The van der Waals surface area contributed by atoms with Gasteiger partial charge in [0.1, 0.15) is 0 Å². The Morgan fingerprint density at radius 3 is 3.00 bits per heavy atom. The van der Waals surface area contributed by atoms with Crippen LogP contribution in [0.3, 0.4) is 0 Å². The van der Waals surface area contributed by atoms with Gasteiger partial charge in [-0.3, -0.25) is 0 Å². The van der Waals surface area contributed by atoms with Crippen LogP contribution in [0.4, 0.5) is 5.69 Å². The zero-order valence-electron chi connectivity index (χ0n) is 11.4. The first-order chi connectivity index (χ1) is 9.22. The highest BCUT2D eigenvalue weighted by molar-refractivity contribution is 5.58. The van der Waals surface area contributed by atoms with Crippen LogP contribution in [0.25, 0.3) is 0 Å². The van der Waals surface area contributed by atoms with E-state index in [4.69, 9.17) is 4.52 Å². The molecule has 0 spiro atoms. The summed E-state index contributed by atoms with van der Waals surface area (Å²) in [6.07, 6.45) is 1.15. The second-order valence-electron chi connectivity index (χ2n) is 5.17. The largest absolute Gasteiger partial charge is 0.374 e. The van der Waals surface area contributed by atoms with Crippen LogP contribution in [0.15, 0.2) is 28.8 Å². The van der Waals surface area contributed by atoms with E-state index in [0.29, 0.717) is 0 Å². The molecule has 0 radical (unpaired) electrons. The van der Waals surface area contributed by atoms with Gasteiger partial charge in [-0.2, -0.15) is 0 Å². The van der Waals surface area contributed by atoms with E-state index in [1.807, 2.05) is 13.0 Å². The number of hydrogen-bond acceptors (Lipinski definition) is 4. The summed E-state index contributed by atoms with van der Waals surface area (Å²) in [5, 5.41) is 7.26. The van der Waals surface area contributed by atoms with Crippen molar-refractivity contribution in [1.82, 2.24) is 10.5 Å². The summed E-state index contributed by atoms with van der Waals surface area (Å²) >= 11 is 0. The van der Waals surface area contributed by atoms with E-state index < -0.39 is 0 Å². The van der Waals surface area contributed by atoms with Crippen molar-refractivity contribution in [3.8, 4) is 0 Å². The van der Waals surface area contributed by atoms with E-state index in [2.05, 4.69) is 40.6 Å². The quantitative estimate of drug-likeness (QED) is 0.912. The molecular formula is C15H19N3O. The van der Waals surface area contributed by atoms with Gasteiger partial charge >= 0.3 is 0 Å². The van der Waals surface area contributed by atoms with Gasteiger partial charge in [0.05, 0.1) is 12.2 Å². The normalized spacial score (nSPS) is 13.9. The lowest BCUT2D eigenvalue weighted by Gasteiger charge is -2.12. The van der Waals surface area contributed by atoms with Gasteiger partial charge in [0.2, 0.25) is 0 Å². The van der Waals surface area contributed by atoms with Crippen molar-refractivity contribution >= 4 is 5.69 Å². The number of nitrogens with one attached hydrogen (secondary N) is 1. The molecule has 19 heavy (non-hydrogen) atoms. The second-order valence-corrected chi connectivity index (χ2v) is 5.17. The van der Waals surface area contributed by atoms with Gasteiger partial charge in [-0.1, -0.05) is 17.3 Å². The summed E-state index contributed by atoms with van der Waals surface area (Å²) in [6.45, 7) is 4.64. The minimum atomic E-state index is 0.720. The third kappa shape index (κ3) is 2.63. The van der Waals surface area contributed by atoms with Crippen molar-refractivity contribution in [2.75, 3.05) is 18.5 Å². The lowest BCUT2D eigenvalue weighted by molar-refractivity contribution is 0.369. The summed E-state index contributed by atoms with van der Waals surface area (Å²) in [5.74, 6) is 0.887. The number of rotatable bonds is 4. The average Bonchev–Trinajstić information content (AvgIpc) is 2.97. The predicted molar refractivity (Wildman–Crippen MR) is 75.2 cm³/mol. The van der Waals surface area contributed by atoms with E-state index in [1.165, 1.54) is 16.8 Å². The number of hydrogen-bond donors (Lipinski definition) is 1.